The number of anilines is 2. The number of amides is 1. The quantitative estimate of drug-likeness (QED) is 0.777. The van der Waals surface area contributed by atoms with Crippen LogP contribution < -0.4 is 10.6 Å². The van der Waals surface area contributed by atoms with E-state index in [4.69, 9.17) is 10.5 Å². The van der Waals surface area contributed by atoms with Gasteiger partial charge >= 0.3 is 0 Å². The van der Waals surface area contributed by atoms with Crippen molar-refractivity contribution in [2.24, 2.45) is 5.92 Å². The van der Waals surface area contributed by atoms with Crippen LogP contribution >= 0.6 is 0 Å². The summed E-state index contributed by atoms with van der Waals surface area (Å²) in [4.78, 5) is 16.3. The van der Waals surface area contributed by atoms with Crippen LogP contribution in [-0.2, 0) is 16.1 Å². The van der Waals surface area contributed by atoms with Gasteiger partial charge in [0.2, 0.25) is 5.91 Å². The molecule has 2 rings (SSSR count). The van der Waals surface area contributed by atoms with Crippen LogP contribution in [0.1, 0.15) is 18.4 Å². The van der Waals surface area contributed by atoms with Crippen molar-refractivity contribution < 1.29 is 9.53 Å². The number of nitrogens with two attached hydrogens (primary N) is 1. The number of nitrogens with zero attached hydrogens (tertiary/aromatic N) is 2. The summed E-state index contributed by atoms with van der Waals surface area (Å²) in [6.45, 7) is 1.75. The predicted molar refractivity (Wildman–Crippen MR) is 85.2 cm³/mol. The number of carbonyl (C=O) groups excluding carboxylic acids is 1. The van der Waals surface area contributed by atoms with Gasteiger partial charge in [-0.2, -0.15) is 0 Å². The van der Waals surface area contributed by atoms with E-state index in [0.29, 0.717) is 19.7 Å². The molecule has 0 heterocycles. The van der Waals surface area contributed by atoms with Crippen LogP contribution in [0, 0.1) is 5.92 Å². The molecule has 2 N–H and O–H groups in total. The van der Waals surface area contributed by atoms with Crippen LogP contribution in [-0.4, -0.2) is 45.2 Å². The first-order valence-corrected chi connectivity index (χ1v) is 7.36. The number of benzene rings is 1. The van der Waals surface area contributed by atoms with Crippen molar-refractivity contribution in [2.45, 2.75) is 19.4 Å². The minimum absolute atomic E-state index is 0.214. The van der Waals surface area contributed by atoms with Gasteiger partial charge in [0.1, 0.15) is 0 Å². The Balaban J connectivity index is 2.18. The lowest BCUT2D eigenvalue weighted by atomic mass is 10.1. The highest BCUT2D eigenvalue weighted by molar-refractivity contribution is 5.81. The Kier molecular flexibility index (Phi) is 5.07. The molecule has 1 saturated carbocycles. The Labute approximate surface area is 126 Å². The van der Waals surface area contributed by atoms with Crippen molar-refractivity contribution in [2.75, 3.05) is 45.0 Å². The van der Waals surface area contributed by atoms with E-state index in [2.05, 4.69) is 0 Å². The van der Waals surface area contributed by atoms with Gasteiger partial charge in [0.15, 0.2) is 0 Å². The third-order valence-electron chi connectivity index (χ3n) is 3.75. The highest BCUT2D eigenvalue weighted by atomic mass is 16.5. The maximum Gasteiger partial charge on any atom is 0.226 e. The van der Waals surface area contributed by atoms with Crippen LogP contribution in [0.4, 0.5) is 11.4 Å². The predicted octanol–water partition coefficient (Wildman–Crippen LogP) is 1.72. The average molecular weight is 291 g/mol. The van der Waals surface area contributed by atoms with Gasteiger partial charge in [-0.1, -0.05) is 0 Å². The molecule has 0 bridgehead atoms. The number of carbonyl (C=O) groups is 1. The lowest BCUT2D eigenvalue weighted by Gasteiger charge is -2.26. The molecule has 0 radical (unpaired) electrons. The number of nitrogen functional groups attached to an aromatic ring is 1. The SMILES string of the molecule is COCCN(Cc1cc(N)ccc1N(C)C)C(=O)C1CC1. The molecule has 0 atom stereocenters. The van der Waals surface area contributed by atoms with Crippen LogP contribution in [0.3, 0.4) is 0 Å². The van der Waals surface area contributed by atoms with Crippen LogP contribution in [0.25, 0.3) is 0 Å². The summed E-state index contributed by atoms with van der Waals surface area (Å²) >= 11 is 0. The van der Waals surface area contributed by atoms with Gasteiger partial charge in [0, 0.05) is 51.6 Å². The molecule has 21 heavy (non-hydrogen) atoms. The summed E-state index contributed by atoms with van der Waals surface area (Å²) in [5.74, 6) is 0.449. The summed E-state index contributed by atoms with van der Waals surface area (Å²) in [6, 6.07) is 5.84. The molecule has 1 aliphatic carbocycles. The number of rotatable bonds is 7. The van der Waals surface area contributed by atoms with E-state index in [0.717, 1.165) is 29.8 Å². The van der Waals surface area contributed by atoms with Gasteiger partial charge in [0.25, 0.3) is 0 Å². The van der Waals surface area contributed by atoms with E-state index in [1.807, 2.05) is 42.1 Å². The molecule has 1 aromatic carbocycles. The second-order valence-corrected chi connectivity index (χ2v) is 5.81. The van der Waals surface area contributed by atoms with Crippen molar-refractivity contribution in [1.82, 2.24) is 4.90 Å². The molecule has 1 amide bonds. The Morgan fingerprint density at radius 3 is 2.67 bits per heavy atom. The number of ether oxygens (including phenoxy) is 1. The van der Waals surface area contributed by atoms with Crippen molar-refractivity contribution in [3.8, 4) is 0 Å². The summed E-state index contributed by atoms with van der Waals surface area (Å²) in [7, 11) is 5.65. The molecule has 1 aromatic rings. The van der Waals surface area contributed by atoms with Crippen molar-refractivity contribution in [3.63, 3.8) is 0 Å². The molecule has 116 valence electrons. The molecule has 0 saturated heterocycles. The minimum Gasteiger partial charge on any atom is -0.399 e. The zero-order valence-corrected chi connectivity index (χ0v) is 13.1. The number of hydrogen-bond donors (Lipinski definition) is 1. The fourth-order valence-corrected chi connectivity index (χ4v) is 2.43. The van der Waals surface area contributed by atoms with Crippen LogP contribution in [0.15, 0.2) is 18.2 Å². The van der Waals surface area contributed by atoms with Gasteiger partial charge in [-0.25, -0.2) is 0 Å². The molecule has 5 nitrogen and oxygen atoms in total. The maximum absolute atomic E-state index is 12.4. The molecule has 0 unspecified atom stereocenters. The normalized spacial score (nSPS) is 14.0. The highest BCUT2D eigenvalue weighted by Crippen LogP contribution is 2.32. The molecule has 0 spiro atoms. The lowest BCUT2D eigenvalue weighted by Crippen LogP contribution is -2.35. The molecule has 0 aliphatic heterocycles. The average Bonchev–Trinajstić information content (AvgIpc) is 3.26. The zero-order valence-electron chi connectivity index (χ0n) is 13.1. The third-order valence-corrected chi connectivity index (χ3v) is 3.75. The summed E-state index contributed by atoms with van der Waals surface area (Å²) < 4.78 is 5.13. The number of hydrogen-bond acceptors (Lipinski definition) is 4. The van der Waals surface area contributed by atoms with E-state index >= 15 is 0 Å². The Hall–Kier alpha value is -1.75. The Morgan fingerprint density at radius 2 is 2.10 bits per heavy atom. The van der Waals surface area contributed by atoms with E-state index in [9.17, 15) is 4.79 Å². The second kappa shape index (κ2) is 6.80. The first-order valence-electron chi connectivity index (χ1n) is 7.36. The van der Waals surface area contributed by atoms with Gasteiger partial charge in [0.05, 0.1) is 6.61 Å². The summed E-state index contributed by atoms with van der Waals surface area (Å²) in [5, 5.41) is 0. The van der Waals surface area contributed by atoms with E-state index in [1.165, 1.54) is 0 Å². The van der Waals surface area contributed by atoms with E-state index < -0.39 is 0 Å². The molecule has 5 heteroatoms. The van der Waals surface area contributed by atoms with Crippen molar-refractivity contribution in [3.05, 3.63) is 23.8 Å². The van der Waals surface area contributed by atoms with Crippen molar-refractivity contribution in [1.29, 1.82) is 0 Å². The number of methoxy groups -OCH3 is 1. The molecule has 1 fully saturated rings. The lowest BCUT2D eigenvalue weighted by molar-refractivity contribution is -0.133. The second-order valence-electron chi connectivity index (χ2n) is 5.81. The van der Waals surface area contributed by atoms with Crippen LogP contribution in [0.2, 0.25) is 0 Å². The molecular weight excluding hydrogens is 266 g/mol. The fraction of sp³-hybridized carbons (Fsp3) is 0.562. The molecule has 0 aromatic heterocycles. The Bertz CT molecular complexity index is 498. The molecule has 1 aliphatic rings. The highest BCUT2D eigenvalue weighted by Gasteiger charge is 2.33. The summed E-state index contributed by atoms with van der Waals surface area (Å²) in [6.07, 6.45) is 2.03. The summed E-state index contributed by atoms with van der Waals surface area (Å²) in [5.41, 5.74) is 8.80. The zero-order chi connectivity index (χ0) is 15.4. The smallest absolute Gasteiger partial charge is 0.226 e. The topological polar surface area (TPSA) is 58.8 Å². The fourth-order valence-electron chi connectivity index (χ4n) is 2.43. The Morgan fingerprint density at radius 1 is 1.38 bits per heavy atom. The van der Waals surface area contributed by atoms with Gasteiger partial charge in [-0.05, 0) is 36.6 Å². The monoisotopic (exact) mass is 291 g/mol. The standard InChI is InChI=1S/C16H25N3O2/c1-18(2)15-7-6-14(17)10-13(15)11-19(8-9-21-3)16(20)12-4-5-12/h6-7,10,12H,4-5,8-9,11,17H2,1-3H3. The molecular formula is C16H25N3O2. The maximum atomic E-state index is 12.4. The van der Waals surface area contributed by atoms with Crippen LogP contribution in [0.5, 0.6) is 0 Å². The van der Waals surface area contributed by atoms with Gasteiger partial charge in [-0.3, -0.25) is 4.79 Å². The third kappa shape index (κ3) is 4.11. The first-order chi connectivity index (χ1) is 10.0. The largest absolute Gasteiger partial charge is 0.399 e. The van der Waals surface area contributed by atoms with E-state index in [1.54, 1.807) is 7.11 Å². The minimum atomic E-state index is 0.214. The first kappa shape index (κ1) is 15.6. The van der Waals surface area contributed by atoms with E-state index in [-0.39, 0.29) is 11.8 Å². The van der Waals surface area contributed by atoms with Gasteiger partial charge in [-0.15, -0.1) is 0 Å². The van der Waals surface area contributed by atoms with Crippen molar-refractivity contribution >= 4 is 17.3 Å². The van der Waals surface area contributed by atoms with Gasteiger partial charge < -0.3 is 20.3 Å².